The summed E-state index contributed by atoms with van der Waals surface area (Å²) in [5, 5.41) is 9.41. The molecule has 1 aromatic rings. The number of nitrogens with zero attached hydrogens (tertiary/aromatic N) is 2. The third-order valence-corrected chi connectivity index (χ3v) is 3.38. The number of nitrogens with one attached hydrogen (secondary N) is 3. The highest BCUT2D eigenvalue weighted by molar-refractivity contribution is 5.36. The fourth-order valence-corrected chi connectivity index (χ4v) is 2.58. The van der Waals surface area contributed by atoms with Crippen LogP contribution in [-0.4, -0.2) is 41.4 Å². The van der Waals surface area contributed by atoms with Gasteiger partial charge in [-0.15, -0.1) is 5.10 Å². The van der Waals surface area contributed by atoms with Crippen LogP contribution in [0.3, 0.4) is 0 Å². The van der Waals surface area contributed by atoms with Gasteiger partial charge in [-0.05, 0) is 11.8 Å². The number of fused-ring (bicyclic) bond motifs is 1. The van der Waals surface area contributed by atoms with Crippen molar-refractivity contribution < 1.29 is 0 Å². The Morgan fingerprint density at radius 3 is 2.50 bits per heavy atom. The van der Waals surface area contributed by atoms with Crippen LogP contribution in [0.25, 0.3) is 0 Å². The van der Waals surface area contributed by atoms with Gasteiger partial charge in [-0.1, -0.05) is 0 Å². The van der Waals surface area contributed by atoms with Crippen molar-refractivity contribution in [3.05, 3.63) is 20.8 Å². The maximum Gasteiger partial charge on any atom is 0.342 e. The van der Waals surface area contributed by atoms with E-state index >= 15 is 0 Å². The lowest BCUT2D eigenvalue weighted by Gasteiger charge is -2.16. The third-order valence-electron chi connectivity index (χ3n) is 3.38. The number of H-pyrrole nitrogens is 2. The van der Waals surface area contributed by atoms with Crippen LogP contribution in [0.5, 0.6) is 0 Å². The minimum Gasteiger partial charge on any atom is -0.350 e. The van der Waals surface area contributed by atoms with Gasteiger partial charge in [0.15, 0.2) is 0 Å². The third kappa shape index (κ3) is 1.44. The first-order valence-corrected chi connectivity index (χ1v) is 5.38. The van der Waals surface area contributed by atoms with Gasteiger partial charge in [0.05, 0.1) is 0 Å². The summed E-state index contributed by atoms with van der Waals surface area (Å²) in [4.78, 5) is 26.5. The second-order valence-corrected chi connectivity index (χ2v) is 4.41. The molecule has 2 fully saturated rings. The van der Waals surface area contributed by atoms with E-state index in [-0.39, 0.29) is 0 Å². The van der Waals surface area contributed by atoms with Crippen molar-refractivity contribution in [2.45, 2.75) is 0 Å². The number of aromatic nitrogens is 3. The molecular formula is C9H13N5O2. The van der Waals surface area contributed by atoms with Crippen LogP contribution in [0.1, 0.15) is 0 Å². The molecule has 0 radical (unpaired) electrons. The fourth-order valence-electron chi connectivity index (χ4n) is 2.58. The highest BCUT2D eigenvalue weighted by Crippen LogP contribution is 2.27. The Bertz CT molecular complexity index is 495. The summed E-state index contributed by atoms with van der Waals surface area (Å²) in [6, 6.07) is 0. The quantitative estimate of drug-likeness (QED) is 0.518. The van der Waals surface area contributed by atoms with E-state index in [0.29, 0.717) is 17.7 Å². The zero-order valence-corrected chi connectivity index (χ0v) is 8.69. The van der Waals surface area contributed by atoms with E-state index in [4.69, 9.17) is 0 Å². The monoisotopic (exact) mass is 223 g/mol. The van der Waals surface area contributed by atoms with Gasteiger partial charge in [-0.2, -0.15) is 0 Å². The van der Waals surface area contributed by atoms with E-state index in [9.17, 15) is 9.59 Å². The molecule has 2 aliphatic heterocycles. The van der Waals surface area contributed by atoms with Gasteiger partial charge in [-0.25, -0.2) is 9.89 Å². The van der Waals surface area contributed by atoms with Crippen LogP contribution < -0.4 is 21.5 Å². The predicted molar refractivity (Wildman–Crippen MR) is 57.5 cm³/mol. The van der Waals surface area contributed by atoms with Crippen LogP contribution in [0.4, 0.5) is 5.82 Å². The zero-order chi connectivity index (χ0) is 11.1. The molecule has 2 unspecified atom stereocenters. The van der Waals surface area contributed by atoms with Gasteiger partial charge >= 0.3 is 5.69 Å². The average molecular weight is 223 g/mol. The summed E-state index contributed by atoms with van der Waals surface area (Å²) in [6.45, 7) is 3.67. The van der Waals surface area contributed by atoms with Crippen LogP contribution in [0.2, 0.25) is 0 Å². The molecule has 86 valence electrons. The van der Waals surface area contributed by atoms with E-state index in [1.54, 1.807) is 0 Å². The maximum atomic E-state index is 11.6. The molecule has 3 rings (SSSR count). The van der Waals surface area contributed by atoms with E-state index in [2.05, 4.69) is 20.5 Å². The van der Waals surface area contributed by atoms with Gasteiger partial charge in [0, 0.05) is 26.2 Å². The average Bonchev–Trinajstić information content (AvgIpc) is 2.76. The molecule has 0 spiro atoms. The molecule has 0 amide bonds. The number of anilines is 1. The Balaban J connectivity index is 1.89. The summed E-state index contributed by atoms with van der Waals surface area (Å²) in [5.41, 5.74) is -0.966. The first-order valence-electron chi connectivity index (χ1n) is 5.38. The first-order chi connectivity index (χ1) is 7.74. The minimum atomic E-state index is -0.560. The summed E-state index contributed by atoms with van der Waals surface area (Å²) in [7, 11) is 0. The lowest BCUT2D eigenvalue weighted by atomic mass is 10.0. The second kappa shape index (κ2) is 3.44. The molecule has 0 aliphatic carbocycles. The smallest absolute Gasteiger partial charge is 0.342 e. The Labute approximate surface area is 90.9 Å². The number of aromatic amines is 2. The Morgan fingerprint density at radius 2 is 1.88 bits per heavy atom. The van der Waals surface area contributed by atoms with E-state index in [1.165, 1.54) is 0 Å². The molecule has 3 heterocycles. The predicted octanol–water partition coefficient (Wildman–Crippen LogP) is -1.89. The number of hydrogen-bond acceptors (Lipinski definition) is 5. The first kappa shape index (κ1) is 9.59. The van der Waals surface area contributed by atoms with Crippen molar-refractivity contribution in [1.82, 2.24) is 20.5 Å². The minimum absolute atomic E-state index is 0.328. The molecule has 7 heteroatoms. The van der Waals surface area contributed by atoms with Gasteiger partial charge in [-0.3, -0.25) is 9.78 Å². The Kier molecular flexibility index (Phi) is 2.06. The summed E-state index contributed by atoms with van der Waals surface area (Å²) in [6.07, 6.45) is 0. The lowest BCUT2D eigenvalue weighted by Crippen LogP contribution is -2.35. The van der Waals surface area contributed by atoms with Crippen LogP contribution in [0.15, 0.2) is 9.59 Å². The van der Waals surface area contributed by atoms with Crippen molar-refractivity contribution in [3.8, 4) is 0 Å². The van der Waals surface area contributed by atoms with Gasteiger partial charge < -0.3 is 10.2 Å². The summed E-state index contributed by atoms with van der Waals surface area (Å²) < 4.78 is 0. The Morgan fingerprint density at radius 1 is 1.19 bits per heavy atom. The van der Waals surface area contributed by atoms with Gasteiger partial charge in [0.1, 0.15) is 0 Å². The molecule has 16 heavy (non-hydrogen) atoms. The molecule has 7 nitrogen and oxygen atoms in total. The SMILES string of the molecule is O=c1[nH]nc(N2CC3CNCC3C2)c(=O)[nH]1. The molecule has 1 aromatic heterocycles. The molecule has 2 saturated heterocycles. The molecule has 0 saturated carbocycles. The topological polar surface area (TPSA) is 93.9 Å². The van der Waals surface area contributed by atoms with Crippen LogP contribution >= 0.6 is 0 Å². The molecule has 3 N–H and O–H groups in total. The molecule has 2 aliphatic rings. The van der Waals surface area contributed by atoms with Crippen molar-refractivity contribution in [3.63, 3.8) is 0 Å². The normalized spacial score (nSPS) is 28.4. The van der Waals surface area contributed by atoms with E-state index in [0.717, 1.165) is 26.2 Å². The summed E-state index contributed by atoms with van der Waals surface area (Å²) in [5.74, 6) is 1.51. The van der Waals surface area contributed by atoms with Crippen molar-refractivity contribution in [1.29, 1.82) is 0 Å². The number of hydrogen-bond donors (Lipinski definition) is 3. The highest BCUT2D eigenvalue weighted by atomic mass is 16.2. The van der Waals surface area contributed by atoms with Gasteiger partial charge in [0.2, 0.25) is 5.82 Å². The Hall–Kier alpha value is -1.63. The van der Waals surface area contributed by atoms with Crippen LogP contribution in [0, 0.1) is 11.8 Å². The maximum absolute atomic E-state index is 11.6. The highest BCUT2D eigenvalue weighted by Gasteiger charge is 2.37. The largest absolute Gasteiger partial charge is 0.350 e. The zero-order valence-electron chi connectivity index (χ0n) is 8.69. The van der Waals surface area contributed by atoms with Crippen molar-refractivity contribution in [2.24, 2.45) is 11.8 Å². The van der Waals surface area contributed by atoms with Crippen molar-refractivity contribution in [2.75, 3.05) is 31.1 Å². The number of rotatable bonds is 1. The summed E-state index contributed by atoms with van der Waals surface area (Å²) >= 11 is 0. The molecule has 0 aromatic carbocycles. The van der Waals surface area contributed by atoms with E-state index < -0.39 is 11.2 Å². The second-order valence-electron chi connectivity index (χ2n) is 4.41. The van der Waals surface area contributed by atoms with E-state index in [1.807, 2.05) is 4.90 Å². The van der Waals surface area contributed by atoms with Gasteiger partial charge in [0.25, 0.3) is 5.56 Å². The molecular weight excluding hydrogens is 210 g/mol. The molecule has 0 bridgehead atoms. The fraction of sp³-hybridized carbons (Fsp3) is 0.667. The standard InChI is InChI=1S/C9H13N5O2/c15-8-7(12-13-9(16)11-8)14-3-5-1-10-2-6(5)4-14/h5-6,10H,1-4H2,(H2,11,13,15,16). The van der Waals surface area contributed by atoms with Crippen LogP contribution in [-0.2, 0) is 0 Å². The van der Waals surface area contributed by atoms with Crippen molar-refractivity contribution >= 4 is 5.82 Å². The molecule has 2 atom stereocenters. The lowest BCUT2D eigenvalue weighted by molar-refractivity contribution is 0.533.